The molecule has 0 aliphatic heterocycles. The average molecular weight is 788 g/mol. The lowest BCUT2D eigenvalue weighted by molar-refractivity contribution is -0.115. The summed E-state index contributed by atoms with van der Waals surface area (Å²) < 4.78 is 70.2. The zero-order valence-corrected chi connectivity index (χ0v) is 33.4. The predicted octanol–water partition coefficient (Wildman–Crippen LogP) is 8.24. The molecule has 1 amide bonds. The molecule has 5 rings (SSSR count). The van der Waals surface area contributed by atoms with Crippen LogP contribution in [-0.2, 0) is 29.4 Å². The van der Waals surface area contributed by atoms with Crippen molar-refractivity contribution in [2.24, 2.45) is 5.92 Å². The Kier molecular flexibility index (Phi) is 13.8. The van der Waals surface area contributed by atoms with Gasteiger partial charge >= 0.3 is 7.82 Å². The summed E-state index contributed by atoms with van der Waals surface area (Å²) >= 11 is 0. The van der Waals surface area contributed by atoms with Crippen molar-refractivity contribution >= 4 is 42.0 Å². The maximum absolute atomic E-state index is 14.0. The number of anilines is 3. The number of hydrogen-bond acceptors (Lipinski definition) is 12. The molecule has 4 N–H and O–H groups in total. The highest BCUT2D eigenvalue weighted by molar-refractivity contribution is 7.48. The number of phosphoric acid groups is 1. The first-order chi connectivity index (χ1) is 26.0. The van der Waals surface area contributed by atoms with Gasteiger partial charge in [0.1, 0.15) is 12.1 Å². The first kappa shape index (κ1) is 41.9. The molecule has 1 unspecified atom stereocenters. The summed E-state index contributed by atoms with van der Waals surface area (Å²) in [5, 5.41) is 16.7. The minimum Gasteiger partial charge on any atom is -0.493 e. The quantitative estimate of drug-likeness (QED) is 0.0531. The Bertz CT molecular complexity index is 1940. The van der Waals surface area contributed by atoms with Crippen LogP contribution in [-0.4, -0.2) is 70.2 Å². The number of aromatic amines is 1. The molecule has 1 aliphatic rings. The molecule has 1 fully saturated rings. The van der Waals surface area contributed by atoms with Gasteiger partial charge in [-0.1, -0.05) is 25.3 Å². The number of nitrogens with one attached hydrogen (secondary N) is 4. The second-order valence-corrected chi connectivity index (χ2v) is 17.0. The van der Waals surface area contributed by atoms with Gasteiger partial charge in [0.25, 0.3) is 0 Å². The highest BCUT2D eigenvalue weighted by Crippen LogP contribution is 2.55. The largest absolute Gasteiger partial charge is 0.493 e. The zero-order chi connectivity index (χ0) is 39.8. The molecule has 2 aromatic heterocycles. The Morgan fingerprint density at radius 1 is 1.02 bits per heavy atom. The Hall–Kier alpha value is -4.21. The summed E-state index contributed by atoms with van der Waals surface area (Å²) in [5.74, 6) is -0.270. The molecule has 14 nitrogen and oxygen atoms in total. The molecule has 300 valence electrons. The molecule has 2 aromatic carbocycles. The molecule has 4 aromatic rings. The molecule has 55 heavy (non-hydrogen) atoms. The van der Waals surface area contributed by atoms with Crippen LogP contribution in [0.4, 0.5) is 26.1 Å². The van der Waals surface area contributed by atoms with E-state index in [2.05, 4.69) is 36.1 Å². The first-order valence-corrected chi connectivity index (χ1v) is 19.9. The van der Waals surface area contributed by atoms with Gasteiger partial charge in [-0.15, -0.1) is 0 Å². The van der Waals surface area contributed by atoms with Crippen molar-refractivity contribution in [1.82, 2.24) is 25.5 Å². The molecule has 0 bridgehead atoms. The third-order valence-electron chi connectivity index (χ3n) is 8.50. The number of ether oxygens (including phenoxy) is 2. The molecule has 1 atom stereocenters. The van der Waals surface area contributed by atoms with Gasteiger partial charge in [0.2, 0.25) is 5.91 Å². The second-order valence-electron chi connectivity index (χ2n) is 15.5. The summed E-state index contributed by atoms with van der Waals surface area (Å²) in [6.07, 6.45) is 6.58. The van der Waals surface area contributed by atoms with Gasteiger partial charge in [-0.3, -0.25) is 23.5 Å². The molecule has 0 radical (unpaired) electrons. The van der Waals surface area contributed by atoms with E-state index in [1.54, 1.807) is 25.3 Å². The summed E-state index contributed by atoms with van der Waals surface area (Å²) in [6.45, 7) is 11.8. The third-order valence-corrected chi connectivity index (χ3v) is 10.5. The number of methoxy groups -OCH3 is 1. The minimum absolute atomic E-state index is 0.136. The number of amides is 1. The lowest BCUT2D eigenvalue weighted by Gasteiger charge is -2.32. The van der Waals surface area contributed by atoms with Gasteiger partial charge in [0.05, 0.1) is 49.2 Å². The number of aromatic nitrogens is 4. The van der Waals surface area contributed by atoms with E-state index < -0.39 is 36.6 Å². The molecule has 17 heteroatoms. The van der Waals surface area contributed by atoms with Crippen molar-refractivity contribution in [1.29, 1.82) is 0 Å². The summed E-state index contributed by atoms with van der Waals surface area (Å²) in [7, 11) is -2.26. The zero-order valence-electron chi connectivity index (χ0n) is 32.5. The summed E-state index contributed by atoms with van der Waals surface area (Å²) in [5.41, 5.74) is -0.641. The van der Waals surface area contributed by atoms with Crippen LogP contribution in [0.15, 0.2) is 42.7 Å². The highest BCUT2D eigenvalue weighted by atomic mass is 31.2. The SMILES string of the molecule is COc1cc2c(Nc3cc(CC(=O)Nc4cccc(F)c4F)[nH]n3)ncnc2cc1OCCC(CC1CCC1)NCCOP(=O)(OC(C)(C)C)OC(C)(C)C. The third kappa shape index (κ3) is 12.7. The number of hydrogen-bond donors (Lipinski definition) is 4. The van der Waals surface area contributed by atoms with E-state index in [4.69, 9.17) is 23.0 Å². The Morgan fingerprint density at radius 2 is 1.76 bits per heavy atom. The maximum atomic E-state index is 14.0. The number of halogens is 2. The average Bonchev–Trinajstić information content (AvgIpc) is 3.50. The van der Waals surface area contributed by atoms with E-state index in [9.17, 15) is 18.1 Å². The summed E-state index contributed by atoms with van der Waals surface area (Å²) in [6, 6.07) is 8.88. The van der Waals surface area contributed by atoms with Crippen molar-refractivity contribution in [3.8, 4) is 11.5 Å². The molecular weight excluding hydrogens is 735 g/mol. The normalized spacial score (nSPS) is 14.4. The van der Waals surface area contributed by atoms with Crippen LogP contribution in [0.5, 0.6) is 11.5 Å². The highest BCUT2D eigenvalue weighted by Gasteiger charge is 2.37. The van der Waals surface area contributed by atoms with Crippen LogP contribution in [0.2, 0.25) is 0 Å². The monoisotopic (exact) mass is 787 g/mol. The fourth-order valence-corrected chi connectivity index (χ4v) is 7.75. The van der Waals surface area contributed by atoms with Crippen molar-refractivity contribution < 1.29 is 41.2 Å². The lowest BCUT2D eigenvalue weighted by atomic mass is 9.80. The molecule has 2 heterocycles. The van der Waals surface area contributed by atoms with E-state index in [1.807, 2.05) is 41.5 Å². The van der Waals surface area contributed by atoms with Gasteiger partial charge in [-0.25, -0.2) is 23.3 Å². The molecule has 1 saturated carbocycles. The number of fused-ring (bicyclic) bond motifs is 1. The number of benzene rings is 2. The topological polar surface area (TPSA) is 171 Å². The van der Waals surface area contributed by atoms with Crippen LogP contribution < -0.4 is 25.4 Å². The van der Waals surface area contributed by atoms with Crippen LogP contribution >= 0.6 is 7.82 Å². The van der Waals surface area contributed by atoms with Crippen LogP contribution in [0.1, 0.15) is 79.3 Å². The van der Waals surface area contributed by atoms with Crippen molar-refractivity contribution in [2.75, 3.05) is 37.5 Å². The smallest absolute Gasteiger partial charge is 0.475 e. The van der Waals surface area contributed by atoms with Crippen LogP contribution in [0, 0.1) is 17.6 Å². The van der Waals surface area contributed by atoms with Gasteiger partial charge in [-0.05, 0) is 78.5 Å². The predicted molar refractivity (Wildman–Crippen MR) is 206 cm³/mol. The Morgan fingerprint density at radius 3 is 2.44 bits per heavy atom. The Labute approximate surface area is 320 Å². The lowest BCUT2D eigenvalue weighted by Crippen LogP contribution is -2.36. The van der Waals surface area contributed by atoms with Crippen LogP contribution in [0.3, 0.4) is 0 Å². The van der Waals surface area contributed by atoms with Crippen molar-refractivity contribution in [3.63, 3.8) is 0 Å². The Balaban J connectivity index is 1.18. The number of carbonyl (C=O) groups excluding carboxylic acids is 1. The minimum atomic E-state index is -3.81. The van der Waals surface area contributed by atoms with E-state index in [1.165, 1.54) is 37.7 Å². The fraction of sp³-hybridized carbons (Fsp3) is 0.526. The van der Waals surface area contributed by atoms with E-state index in [0.717, 1.165) is 12.5 Å². The van der Waals surface area contributed by atoms with Gasteiger partial charge in [0.15, 0.2) is 29.0 Å². The van der Waals surface area contributed by atoms with Crippen molar-refractivity contribution in [3.05, 3.63) is 60.1 Å². The van der Waals surface area contributed by atoms with Crippen molar-refractivity contribution in [2.45, 2.75) is 97.3 Å². The maximum Gasteiger partial charge on any atom is 0.475 e. The summed E-state index contributed by atoms with van der Waals surface area (Å²) in [4.78, 5) is 21.3. The van der Waals surface area contributed by atoms with Gasteiger partial charge in [0, 0.05) is 35.8 Å². The first-order valence-electron chi connectivity index (χ1n) is 18.4. The fourth-order valence-electron chi connectivity index (χ4n) is 5.95. The van der Waals surface area contributed by atoms with Gasteiger partial charge < -0.3 is 25.4 Å². The molecule has 0 spiro atoms. The van der Waals surface area contributed by atoms with E-state index >= 15 is 0 Å². The van der Waals surface area contributed by atoms with E-state index in [0.29, 0.717) is 65.2 Å². The van der Waals surface area contributed by atoms with Gasteiger partial charge in [-0.2, -0.15) is 5.10 Å². The number of rotatable bonds is 19. The standard InChI is InChI=1S/C38H52F2N7O7P/c1-37(2,3)53-55(49,54-38(4,5)6)52-17-15-41-25(18-24-10-8-11-24)14-16-51-32-22-30-27(21-31(32)50-7)36(43-23-42-30)45-33-19-26(46-47-33)20-34(48)44-29-13-9-12-28(39)35(29)40/h9,12-13,19,21-25,41H,8,10-11,14-18,20H2,1-7H3,(H,44,48)(H2,42,43,45,46,47). The number of H-pyrrole nitrogens is 1. The number of phosphoric ester groups is 1. The number of nitrogens with zero attached hydrogens (tertiary/aromatic N) is 3. The second kappa shape index (κ2) is 18.2. The molecular formula is C38H52F2N7O7P. The molecule has 1 aliphatic carbocycles. The van der Waals surface area contributed by atoms with Crippen LogP contribution in [0.25, 0.3) is 10.9 Å². The van der Waals surface area contributed by atoms with E-state index in [-0.39, 0.29) is 24.8 Å². The number of carbonyl (C=O) groups is 1. The molecule has 0 saturated heterocycles.